The average molecular weight is 373 g/mol. The number of hydrogen-bond acceptors (Lipinski definition) is 4. The number of likely N-dealkylation sites (tertiary alicyclic amines) is 1. The summed E-state index contributed by atoms with van der Waals surface area (Å²) in [5.74, 6) is 0.783. The Hall–Kier alpha value is -2.08. The van der Waals surface area contributed by atoms with Crippen LogP contribution in [0, 0.1) is 0 Å². The van der Waals surface area contributed by atoms with Crippen molar-refractivity contribution in [2.24, 2.45) is 0 Å². The van der Waals surface area contributed by atoms with E-state index in [-0.39, 0.29) is 11.9 Å². The van der Waals surface area contributed by atoms with Crippen molar-refractivity contribution in [3.63, 3.8) is 0 Å². The molecule has 0 aliphatic carbocycles. The summed E-state index contributed by atoms with van der Waals surface area (Å²) < 4.78 is 5.20. The molecule has 1 atom stereocenters. The summed E-state index contributed by atoms with van der Waals surface area (Å²) in [6.07, 6.45) is 3.26. The number of piperidine rings is 1. The van der Waals surface area contributed by atoms with E-state index in [2.05, 4.69) is 18.7 Å². The zero-order valence-corrected chi connectivity index (χ0v) is 16.9. The highest BCUT2D eigenvalue weighted by atomic mass is 16.5. The molecule has 0 bridgehead atoms. The summed E-state index contributed by atoms with van der Waals surface area (Å²) in [5.41, 5.74) is 0.472. The lowest BCUT2D eigenvalue weighted by Crippen LogP contribution is -2.58. The lowest BCUT2D eigenvalue weighted by Gasteiger charge is -2.44. The zero-order chi connectivity index (χ0) is 19.6. The third kappa shape index (κ3) is 3.55. The molecule has 6 nitrogen and oxygen atoms in total. The van der Waals surface area contributed by atoms with Crippen molar-refractivity contribution in [2.75, 3.05) is 33.8 Å². The minimum absolute atomic E-state index is 0.0361. The van der Waals surface area contributed by atoms with Crippen LogP contribution in [0.15, 0.2) is 24.3 Å². The van der Waals surface area contributed by atoms with Crippen molar-refractivity contribution >= 4 is 11.9 Å². The topological polar surface area (TPSA) is 53.1 Å². The van der Waals surface area contributed by atoms with Crippen LogP contribution in [-0.2, 0) is 11.2 Å². The molecule has 3 amide bonds. The van der Waals surface area contributed by atoms with E-state index in [4.69, 9.17) is 4.74 Å². The highest BCUT2D eigenvalue weighted by Crippen LogP contribution is 2.37. The Morgan fingerprint density at radius 3 is 2.33 bits per heavy atom. The van der Waals surface area contributed by atoms with Gasteiger partial charge in [0.2, 0.25) is 0 Å². The van der Waals surface area contributed by atoms with E-state index in [0.29, 0.717) is 12.6 Å². The van der Waals surface area contributed by atoms with Crippen molar-refractivity contribution in [3.8, 4) is 5.75 Å². The van der Waals surface area contributed by atoms with Crippen molar-refractivity contribution in [3.05, 3.63) is 29.8 Å². The van der Waals surface area contributed by atoms with Crippen LogP contribution in [0.4, 0.5) is 4.79 Å². The van der Waals surface area contributed by atoms with Gasteiger partial charge in [0, 0.05) is 32.7 Å². The van der Waals surface area contributed by atoms with Gasteiger partial charge in [0.25, 0.3) is 5.91 Å². The predicted octanol–water partition coefficient (Wildman–Crippen LogP) is 2.76. The van der Waals surface area contributed by atoms with Gasteiger partial charge in [-0.15, -0.1) is 0 Å². The Kier molecular flexibility index (Phi) is 5.75. The van der Waals surface area contributed by atoms with Crippen molar-refractivity contribution in [2.45, 2.75) is 51.1 Å². The number of imide groups is 1. The summed E-state index contributed by atoms with van der Waals surface area (Å²) in [6, 6.07) is 8.25. The molecule has 148 valence electrons. The monoisotopic (exact) mass is 373 g/mol. The molecule has 2 aliphatic rings. The minimum Gasteiger partial charge on any atom is -0.497 e. The summed E-state index contributed by atoms with van der Waals surface area (Å²) in [6.45, 7) is 6.70. The van der Waals surface area contributed by atoms with Gasteiger partial charge in [0.05, 0.1) is 7.11 Å². The fraction of sp³-hybridized carbons (Fsp3) is 0.619. The number of ether oxygens (including phenoxy) is 1. The molecule has 2 saturated heterocycles. The number of hydrogen-bond donors (Lipinski definition) is 0. The molecule has 2 aliphatic heterocycles. The Morgan fingerprint density at radius 1 is 1.15 bits per heavy atom. The first kappa shape index (κ1) is 19.7. The molecule has 1 aromatic carbocycles. The van der Waals surface area contributed by atoms with E-state index in [0.717, 1.165) is 50.1 Å². The predicted molar refractivity (Wildman–Crippen MR) is 105 cm³/mol. The third-order valence-corrected chi connectivity index (χ3v) is 6.36. The molecule has 0 radical (unpaired) electrons. The first-order valence-corrected chi connectivity index (χ1v) is 9.89. The van der Waals surface area contributed by atoms with Gasteiger partial charge in [-0.2, -0.15) is 0 Å². The molecule has 0 saturated carbocycles. The van der Waals surface area contributed by atoms with Crippen LogP contribution in [0.25, 0.3) is 0 Å². The first-order chi connectivity index (χ1) is 12.9. The maximum Gasteiger partial charge on any atom is 0.327 e. The largest absolute Gasteiger partial charge is 0.497 e. The molecule has 2 heterocycles. The summed E-state index contributed by atoms with van der Waals surface area (Å²) in [4.78, 5) is 31.3. The van der Waals surface area contributed by atoms with Crippen LogP contribution in [0.1, 0.15) is 38.7 Å². The van der Waals surface area contributed by atoms with Crippen LogP contribution in [0.5, 0.6) is 5.75 Å². The molecular weight excluding hydrogens is 342 g/mol. The van der Waals surface area contributed by atoms with Gasteiger partial charge in [-0.25, -0.2) is 4.79 Å². The SMILES string of the molecule is CCC(C)N1CCC2(CC1)C(=O)N(C)C(=O)N2CCc1ccc(OC)cc1. The van der Waals surface area contributed by atoms with Crippen LogP contribution in [0.2, 0.25) is 0 Å². The second-order valence-electron chi connectivity index (χ2n) is 7.72. The summed E-state index contributed by atoms with van der Waals surface area (Å²) >= 11 is 0. The number of amides is 3. The number of benzene rings is 1. The molecule has 27 heavy (non-hydrogen) atoms. The molecule has 3 rings (SSSR count). The minimum atomic E-state index is -0.664. The van der Waals surface area contributed by atoms with E-state index in [1.165, 1.54) is 4.90 Å². The third-order valence-electron chi connectivity index (χ3n) is 6.36. The molecule has 2 fully saturated rings. The zero-order valence-electron chi connectivity index (χ0n) is 16.9. The van der Waals surface area contributed by atoms with Gasteiger partial charge in [0.1, 0.15) is 11.3 Å². The molecule has 1 unspecified atom stereocenters. The molecule has 1 spiro atoms. The van der Waals surface area contributed by atoms with Gasteiger partial charge in [0.15, 0.2) is 0 Å². The second kappa shape index (κ2) is 7.89. The molecule has 1 aromatic rings. The first-order valence-electron chi connectivity index (χ1n) is 9.89. The van der Waals surface area contributed by atoms with E-state index in [9.17, 15) is 9.59 Å². The Bertz CT molecular complexity index is 680. The van der Waals surface area contributed by atoms with Crippen LogP contribution in [-0.4, -0.2) is 72.0 Å². The number of carbonyl (C=O) groups excluding carboxylic acids is 2. The molecular formula is C21H31N3O3. The van der Waals surface area contributed by atoms with Crippen LogP contribution < -0.4 is 4.74 Å². The van der Waals surface area contributed by atoms with Gasteiger partial charge in [-0.1, -0.05) is 19.1 Å². The standard InChI is InChI=1S/C21H31N3O3/c1-5-16(2)23-14-11-21(12-15-23)19(25)22(3)20(26)24(21)13-10-17-6-8-18(27-4)9-7-17/h6-9,16H,5,10-15H2,1-4H3. The Morgan fingerprint density at radius 2 is 1.78 bits per heavy atom. The van der Waals surface area contributed by atoms with Crippen LogP contribution >= 0.6 is 0 Å². The lowest BCUT2D eigenvalue weighted by atomic mass is 9.85. The van der Waals surface area contributed by atoms with Gasteiger partial charge < -0.3 is 14.5 Å². The maximum atomic E-state index is 13.0. The fourth-order valence-electron chi connectivity index (χ4n) is 4.30. The quantitative estimate of drug-likeness (QED) is 0.720. The van der Waals surface area contributed by atoms with Crippen LogP contribution in [0.3, 0.4) is 0 Å². The average Bonchev–Trinajstić information content (AvgIpc) is 2.88. The summed E-state index contributed by atoms with van der Waals surface area (Å²) in [5, 5.41) is 0. The van der Waals surface area contributed by atoms with Crippen molar-refractivity contribution in [1.82, 2.24) is 14.7 Å². The molecule has 6 heteroatoms. The number of methoxy groups -OCH3 is 1. The Balaban J connectivity index is 1.73. The highest BCUT2D eigenvalue weighted by molar-refractivity contribution is 6.06. The van der Waals surface area contributed by atoms with Crippen molar-refractivity contribution < 1.29 is 14.3 Å². The maximum absolute atomic E-state index is 13.0. The van der Waals surface area contributed by atoms with E-state index < -0.39 is 5.54 Å². The lowest BCUT2D eigenvalue weighted by molar-refractivity contribution is -0.135. The number of carbonyl (C=O) groups is 2. The smallest absolute Gasteiger partial charge is 0.327 e. The highest BCUT2D eigenvalue weighted by Gasteiger charge is 2.56. The number of urea groups is 1. The summed E-state index contributed by atoms with van der Waals surface area (Å²) in [7, 11) is 3.26. The normalized spacial score (nSPS) is 21.2. The van der Waals surface area contributed by atoms with Crippen molar-refractivity contribution in [1.29, 1.82) is 0 Å². The van der Waals surface area contributed by atoms with E-state index >= 15 is 0 Å². The molecule has 0 aromatic heterocycles. The van der Waals surface area contributed by atoms with E-state index in [1.54, 1.807) is 14.2 Å². The Labute approximate surface area is 162 Å². The number of rotatable bonds is 6. The van der Waals surface area contributed by atoms with Gasteiger partial charge >= 0.3 is 6.03 Å². The van der Waals surface area contributed by atoms with Gasteiger partial charge in [-0.3, -0.25) is 9.69 Å². The molecule has 0 N–H and O–H groups in total. The fourth-order valence-corrected chi connectivity index (χ4v) is 4.30. The van der Waals surface area contributed by atoms with E-state index in [1.807, 2.05) is 29.2 Å². The number of nitrogens with zero attached hydrogens (tertiary/aromatic N) is 3. The number of likely N-dealkylation sites (N-methyl/N-ethyl adjacent to an activating group) is 1. The second-order valence-corrected chi connectivity index (χ2v) is 7.72. The van der Waals surface area contributed by atoms with Gasteiger partial charge in [-0.05, 0) is 50.3 Å².